The van der Waals surface area contributed by atoms with Crippen LogP contribution < -0.4 is 5.32 Å². The zero-order chi connectivity index (χ0) is 11.8. The van der Waals surface area contributed by atoms with Gasteiger partial charge in [-0.2, -0.15) is 0 Å². The highest BCUT2D eigenvalue weighted by molar-refractivity contribution is 5.85. The number of carboxylic acid groups (broad SMARTS) is 1. The molecule has 0 aromatic carbocycles. The smallest absolute Gasteiger partial charge is 0.354 e. The van der Waals surface area contributed by atoms with Gasteiger partial charge in [0.2, 0.25) is 0 Å². The molecule has 1 aromatic rings. The Morgan fingerprint density at radius 2 is 2.35 bits per heavy atom. The molecule has 17 heavy (non-hydrogen) atoms. The number of pyridine rings is 1. The third kappa shape index (κ3) is 1.98. The van der Waals surface area contributed by atoms with Crippen LogP contribution in [0.5, 0.6) is 0 Å². The fraction of sp³-hybridized carbons (Fsp3) is 0.500. The standard InChI is InChI=1S/C12H14N2O3/c15-12(16)8-2-1-3-11(13-8)14-9-6-7-4-5-10(9)17-7/h1-3,7,9-10H,4-6H2,(H,13,14)(H,15,16)/t7-,9-,10+/m1/s1. The van der Waals surface area contributed by atoms with Crippen LogP contribution in [0.3, 0.4) is 0 Å². The van der Waals surface area contributed by atoms with Crippen LogP contribution in [0.1, 0.15) is 29.8 Å². The Hall–Kier alpha value is -1.62. The van der Waals surface area contributed by atoms with Gasteiger partial charge in [0, 0.05) is 0 Å². The number of anilines is 1. The summed E-state index contributed by atoms with van der Waals surface area (Å²) in [4.78, 5) is 14.9. The first kappa shape index (κ1) is 10.5. The van der Waals surface area contributed by atoms with E-state index in [4.69, 9.17) is 9.84 Å². The minimum absolute atomic E-state index is 0.0686. The van der Waals surface area contributed by atoms with Crippen molar-refractivity contribution in [3.63, 3.8) is 0 Å². The van der Waals surface area contributed by atoms with Gasteiger partial charge >= 0.3 is 5.97 Å². The molecule has 1 aromatic heterocycles. The molecule has 0 spiro atoms. The summed E-state index contributed by atoms with van der Waals surface area (Å²) < 4.78 is 5.73. The van der Waals surface area contributed by atoms with Crippen molar-refractivity contribution in [2.24, 2.45) is 0 Å². The zero-order valence-corrected chi connectivity index (χ0v) is 9.30. The highest BCUT2D eigenvalue weighted by Gasteiger charge is 2.40. The van der Waals surface area contributed by atoms with Gasteiger partial charge in [0.05, 0.1) is 18.2 Å². The Kier molecular flexibility index (Phi) is 2.48. The summed E-state index contributed by atoms with van der Waals surface area (Å²) in [6, 6.07) is 5.25. The van der Waals surface area contributed by atoms with Crippen molar-refractivity contribution >= 4 is 11.8 Å². The first-order valence-corrected chi connectivity index (χ1v) is 5.85. The van der Waals surface area contributed by atoms with E-state index in [9.17, 15) is 4.79 Å². The lowest BCUT2D eigenvalue weighted by atomic mass is 9.95. The lowest BCUT2D eigenvalue weighted by Crippen LogP contribution is -2.30. The van der Waals surface area contributed by atoms with E-state index in [1.54, 1.807) is 12.1 Å². The Balaban J connectivity index is 1.73. The molecular weight excluding hydrogens is 220 g/mol. The molecule has 0 radical (unpaired) electrons. The molecule has 3 rings (SSSR count). The molecule has 0 amide bonds. The summed E-state index contributed by atoms with van der Waals surface area (Å²) in [5.74, 6) is -0.385. The fourth-order valence-electron chi connectivity index (χ4n) is 2.61. The van der Waals surface area contributed by atoms with E-state index in [0.717, 1.165) is 19.3 Å². The number of rotatable bonds is 3. The van der Waals surface area contributed by atoms with Crippen LogP contribution >= 0.6 is 0 Å². The lowest BCUT2D eigenvalue weighted by molar-refractivity contribution is 0.0690. The Labute approximate surface area is 98.8 Å². The number of carbonyl (C=O) groups is 1. The SMILES string of the molecule is O=C(O)c1cccc(N[C@@H]2C[C@H]3CC[C@@H]2O3)n1. The van der Waals surface area contributed by atoms with E-state index < -0.39 is 5.97 Å². The minimum atomic E-state index is -1.00. The first-order chi connectivity index (χ1) is 8.22. The van der Waals surface area contributed by atoms with Gasteiger partial charge in [0.15, 0.2) is 5.69 Å². The lowest BCUT2D eigenvalue weighted by Gasteiger charge is -2.20. The quantitative estimate of drug-likeness (QED) is 0.829. The van der Waals surface area contributed by atoms with Crippen molar-refractivity contribution in [2.75, 3.05) is 5.32 Å². The fourth-order valence-corrected chi connectivity index (χ4v) is 2.61. The second kappa shape index (κ2) is 4.00. The van der Waals surface area contributed by atoms with E-state index in [0.29, 0.717) is 11.9 Å². The minimum Gasteiger partial charge on any atom is -0.477 e. The van der Waals surface area contributed by atoms with Crippen molar-refractivity contribution in [3.8, 4) is 0 Å². The molecule has 2 saturated heterocycles. The molecule has 0 aliphatic carbocycles. The van der Waals surface area contributed by atoms with Crippen LogP contribution in [0.25, 0.3) is 0 Å². The first-order valence-electron chi connectivity index (χ1n) is 5.85. The van der Waals surface area contributed by atoms with Crippen molar-refractivity contribution in [1.29, 1.82) is 0 Å². The number of nitrogens with zero attached hydrogens (tertiary/aromatic N) is 1. The van der Waals surface area contributed by atoms with Crippen LogP contribution in [0, 0.1) is 0 Å². The Bertz CT molecular complexity index is 449. The molecule has 5 heteroatoms. The van der Waals surface area contributed by atoms with Crippen LogP contribution in [0.4, 0.5) is 5.82 Å². The number of nitrogens with one attached hydrogen (secondary N) is 1. The predicted octanol–water partition coefficient (Wildman–Crippen LogP) is 1.51. The van der Waals surface area contributed by atoms with Crippen molar-refractivity contribution < 1.29 is 14.6 Å². The van der Waals surface area contributed by atoms with Crippen molar-refractivity contribution in [2.45, 2.75) is 37.5 Å². The normalized spacial score (nSPS) is 30.5. The topological polar surface area (TPSA) is 71.5 Å². The molecule has 0 saturated carbocycles. The van der Waals surface area contributed by atoms with Crippen LogP contribution in [-0.2, 0) is 4.74 Å². The van der Waals surface area contributed by atoms with Crippen LogP contribution in [0.15, 0.2) is 18.2 Å². The maximum atomic E-state index is 10.8. The van der Waals surface area contributed by atoms with E-state index in [2.05, 4.69) is 10.3 Å². The van der Waals surface area contributed by atoms with Gasteiger partial charge in [0.25, 0.3) is 0 Å². The molecule has 3 atom stereocenters. The molecule has 3 heterocycles. The van der Waals surface area contributed by atoms with Gasteiger partial charge in [-0.3, -0.25) is 0 Å². The number of fused-ring (bicyclic) bond motifs is 2. The molecule has 2 bridgehead atoms. The Morgan fingerprint density at radius 1 is 1.47 bits per heavy atom. The maximum absolute atomic E-state index is 10.8. The van der Waals surface area contributed by atoms with E-state index in [1.165, 1.54) is 6.07 Å². The molecule has 5 nitrogen and oxygen atoms in total. The molecule has 2 aliphatic heterocycles. The summed E-state index contributed by atoms with van der Waals surface area (Å²) >= 11 is 0. The average molecular weight is 234 g/mol. The van der Waals surface area contributed by atoms with Crippen molar-refractivity contribution in [3.05, 3.63) is 23.9 Å². The summed E-state index contributed by atoms with van der Waals surface area (Å²) in [6.07, 6.45) is 3.85. The molecule has 2 aliphatic rings. The van der Waals surface area contributed by atoms with Crippen LogP contribution in [-0.4, -0.2) is 34.3 Å². The van der Waals surface area contributed by atoms with Gasteiger partial charge in [-0.15, -0.1) is 0 Å². The van der Waals surface area contributed by atoms with Gasteiger partial charge in [-0.25, -0.2) is 9.78 Å². The number of carboxylic acids is 1. The number of aromatic carboxylic acids is 1. The predicted molar refractivity (Wildman–Crippen MR) is 61.1 cm³/mol. The highest BCUT2D eigenvalue weighted by atomic mass is 16.5. The third-order valence-electron chi connectivity index (χ3n) is 3.41. The largest absolute Gasteiger partial charge is 0.477 e. The van der Waals surface area contributed by atoms with Gasteiger partial charge in [-0.1, -0.05) is 6.07 Å². The van der Waals surface area contributed by atoms with Gasteiger partial charge < -0.3 is 15.2 Å². The number of ether oxygens (including phenoxy) is 1. The van der Waals surface area contributed by atoms with Crippen LogP contribution in [0.2, 0.25) is 0 Å². The molecule has 90 valence electrons. The van der Waals surface area contributed by atoms with Crippen molar-refractivity contribution in [1.82, 2.24) is 4.98 Å². The molecular formula is C12H14N2O3. The number of hydrogen-bond donors (Lipinski definition) is 2. The second-order valence-corrected chi connectivity index (χ2v) is 4.57. The molecule has 2 fully saturated rings. The van der Waals surface area contributed by atoms with Gasteiger partial charge in [-0.05, 0) is 31.4 Å². The zero-order valence-electron chi connectivity index (χ0n) is 9.30. The number of hydrogen-bond acceptors (Lipinski definition) is 4. The average Bonchev–Trinajstić information content (AvgIpc) is 2.91. The second-order valence-electron chi connectivity index (χ2n) is 4.57. The Morgan fingerprint density at radius 3 is 3.00 bits per heavy atom. The molecule has 0 unspecified atom stereocenters. The maximum Gasteiger partial charge on any atom is 0.354 e. The summed E-state index contributed by atoms with van der Waals surface area (Å²) in [5, 5.41) is 12.1. The summed E-state index contributed by atoms with van der Waals surface area (Å²) in [7, 11) is 0. The highest BCUT2D eigenvalue weighted by Crippen LogP contribution is 2.35. The number of aromatic nitrogens is 1. The summed E-state index contributed by atoms with van der Waals surface area (Å²) in [5.41, 5.74) is 0.0686. The van der Waals surface area contributed by atoms with E-state index in [-0.39, 0.29) is 17.8 Å². The summed E-state index contributed by atoms with van der Waals surface area (Å²) in [6.45, 7) is 0. The third-order valence-corrected chi connectivity index (χ3v) is 3.41. The molecule has 2 N–H and O–H groups in total. The van der Waals surface area contributed by atoms with Gasteiger partial charge in [0.1, 0.15) is 5.82 Å². The monoisotopic (exact) mass is 234 g/mol. The van der Waals surface area contributed by atoms with E-state index >= 15 is 0 Å². The van der Waals surface area contributed by atoms with E-state index in [1.807, 2.05) is 0 Å².